The summed E-state index contributed by atoms with van der Waals surface area (Å²) in [4.78, 5) is 25.8. The molecule has 3 aromatic heterocycles. The van der Waals surface area contributed by atoms with Crippen LogP contribution in [0, 0.1) is 0 Å². The zero-order valence-electron chi connectivity index (χ0n) is 21.7. The normalized spacial score (nSPS) is 18.3. The van der Waals surface area contributed by atoms with Gasteiger partial charge >= 0.3 is 0 Å². The lowest BCUT2D eigenvalue weighted by Crippen LogP contribution is -2.46. The minimum Gasteiger partial charge on any atom is -0.395 e. The van der Waals surface area contributed by atoms with Gasteiger partial charge in [0.2, 0.25) is 5.95 Å². The van der Waals surface area contributed by atoms with E-state index in [9.17, 15) is 5.11 Å². The molecule has 0 aliphatic carbocycles. The zero-order valence-corrected chi connectivity index (χ0v) is 21.7. The maximum absolute atomic E-state index is 10.5. The minimum absolute atomic E-state index is 0.221. The highest BCUT2D eigenvalue weighted by molar-refractivity contribution is 5.89. The van der Waals surface area contributed by atoms with Crippen LogP contribution >= 0.6 is 0 Å². The minimum atomic E-state index is -0.599. The van der Waals surface area contributed by atoms with Gasteiger partial charge in [-0.05, 0) is 43.4 Å². The van der Waals surface area contributed by atoms with Crippen LogP contribution in [0.1, 0.15) is 50.0 Å². The Morgan fingerprint density at radius 1 is 0.946 bits per heavy atom. The van der Waals surface area contributed by atoms with Gasteiger partial charge in [-0.1, -0.05) is 13.0 Å². The van der Waals surface area contributed by atoms with Gasteiger partial charge < -0.3 is 20.4 Å². The Bertz CT molecular complexity index is 1160. The van der Waals surface area contributed by atoms with E-state index in [0.717, 1.165) is 81.9 Å². The fourth-order valence-corrected chi connectivity index (χ4v) is 5.09. The summed E-state index contributed by atoms with van der Waals surface area (Å²) in [5.41, 5.74) is 2.63. The van der Waals surface area contributed by atoms with Crippen molar-refractivity contribution < 1.29 is 10.2 Å². The number of hydrogen-bond donors (Lipinski definition) is 3. The Hall–Kier alpha value is -2.92. The van der Waals surface area contributed by atoms with Crippen LogP contribution in [0.4, 0.5) is 17.6 Å². The fraction of sp³-hybridized carbons (Fsp3) is 0.556. The van der Waals surface area contributed by atoms with Gasteiger partial charge in [-0.2, -0.15) is 0 Å². The first-order chi connectivity index (χ1) is 18.1. The van der Waals surface area contributed by atoms with Crippen molar-refractivity contribution in [1.82, 2.24) is 29.7 Å². The number of nitrogens with one attached hydrogen (secondary N) is 1. The number of aliphatic hydroxyl groups is 2. The highest BCUT2D eigenvalue weighted by Crippen LogP contribution is 2.30. The molecule has 0 aromatic carbocycles. The average molecular weight is 507 g/mol. The van der Waals surface area contributed by atoms with Crippen molar-refractivity contribution >= 4 is 28.5 Å². The molecule has 2 saturated heterocycles. The van der Waals surface area contributed by atoms with E-state index in [0.29, 0.717) is 23.9 Å². The van der Waals surface area contributed by atoms with Crippen LogP contribution in [0.5, 0.6) is 0 Å². The molecule has 1 atom stereocenters. The van der Waals surface area contributed by atoms with Crippen molar-refractivity contribution in [3.63, 3.8) is 0 Å². The highest BCUT2D eigenvalue weighted by atomic mass is 16.3. The number of β-amino-alcohol motifs (C(OH)–C–C–N with tert-alkyl or cyclic N) is 1. The molecule has 0 radical (unpaired) electrons. The molecular weight excluding hydrogens is 468 g/mol. The second kappa shape index (κ2) is 12.1. The second-order valence-corrected chi connectivity index (χ2v) is 9.99. The first kappa shape index (κ1) is 25.7. The van der Waals surface area contributed by atoms with Crippen LogP contribution < -0.4 is 10.2 Å². The number of piperazine rings is 1. The number of piperidine rings is 1. The summed E-state index contributed by atoms with van der Waals surface area (Å²) >= 11 is 0. The summed E-state index contributed by atoms with van der Waals surface area (Å²) in [6.45, 7) is 9.65. The van der Waals surface area contributed by atoms with E-state index < -0.39 is 6.10 Å². The standard InChI is InChI=1S/C27H38N8O2/c1-2-23(37)22-16-21-18-29-27(32-25(21)26(30-22)35-8-4-3-5-9-35)31-24-7-6-20(17-28-24)19-34-12-10-33(11-13-34)14-15-36/h6-7,16-18,23,36-37H,2-5,8-15,19H2,1H3,(H,28,29,31,32)/t23-/m1/s1. The molecule has 0 unspecified atom stereocenters. The molecule has 198 valence electrons. The van der Waals surface area contributed by atoms with E-state index in [-0.39, 0.29) is 6.61 Å². The monoisotopic (exact) mass is 506 g/mol. The molecule has 0 amide bonds. The molecule has 2 aliphatic heterocycles. The average Bonchev–Trinajstić information content (AvgIpc) is 2.95. The van der Waals surface area contributed by atoms with Gasteiger partial charge in [0.1, 0.15) is 11.3 Å². The topological polar surface area (TPSA) is 114 Å². The van der Waals surface area contributed by atoms with E-state index in [2.05, 4.69) is 36.1 Å². The Morgan fingerprint density at radius 3 is 2.43 bits per heavy atom. The summed E-state index contributed by atoms with van der Waals surface area (Å²) in [5, 5.41) is 23.7. The van der Waals surface area contributed by atoms with Crippen molar-refractivity contribution in [3.8, 4) is 0 Å². The van der Waals surface area contributed by atoms with E-state index in [4.69, 9.17) is 15.1 Å². The number of aromatic nitrogens is 4. The Kier molecular flexibility index (Phi) is 8.40. The van der Waals surface area contributed by atoms with Gasteiger partial charge in [0.05, 0.1) is 18.4 Å². The SMILES string of the molecule is CC[C@@H](O)c1cc2cnc(Nc3ccc(CN4CCN(CCO)CC4)cn3)nc2c(N2CCCCC2)n1. The summed E-state index contributed by atoms with van der Waals surface area (Å²) in [6.07, 6.45) is 7.22. The van der Waals surface area contributed by atoms with Gasteiger partial charge in [0.25, 0.3) is 0 Å². The molecule has 5 heterocycles. The summed E-state index contributed by atoms with van der Waals surface area (Å²) in [7, 11) is 0. The van der Waals surface area contributed by atoms with Crippen LogP contribution in [0.2, 0.25) is 0 Å². The predicted molar refractivity (Wildman–Crippen MR) is 145 cm³/mol. The first-order valence-electron chi connectivity index (χ1n) is 13.5. The Morgan fingerprint density at radius 2 is 1.73 bits per heavy atom. The number of anilines is 3. The molecule has 0 spiro atoms. The quantitative estimate of drug-likeness (QED) is 0.400. The van der Waals surface area contributed by atoms with E-state index in [1.807, 2.05) is 25.3 Å². The molecular formula is C27H38N8O2. The van der Waals surface area contributed by atoms with Crippen molar-refractivity contribution in [2.45, 2.75) is 45.3 Å². The third-order valence-corrected chi connectivity index (χ3v) is 7.30. The van der Waals surface area contributed by atoms with Crippen LogP contribution in [0.3, 0.4) is 0 Å². The molecule has 10 heteroatoms. The van der Waals surface area contributed by atoms with Gasteiger partial charge in [0.15, 0.2) is 5.82 Å². The molecule has 0 saturated carbocycles. The lowest BCUT2D eigenvalue weighted by Gasteiger charge is -2.34. The van der Waals surface area contributed by atoms with Crippen molar-refractivity contribution in [1.29, 1.82) is 0 Å². The van der Waals surface area contributed by atoms with Gasteiger partial charge in [0, 0.05) is 70.1 Å². The van der Waals surface area contributed by atoms with Crippen LogP contribution in [0.25, 0.3) is 10.9 Å². The van der Waals surface area contributed by atoms with Crippen LogP contribution in [-0.2, 0) is 6.54 Å². The molecule has 0 bridgehead atoms. The van der Waals surface area contributed by atoms with E-state index >= 15 is 0 Å². The maximum Gasteiger partial charge on any atom is 0.229 e. The zero-order chi connectivity index (χ0) is 25.6. The first-order valence-corrected chi connectivity index (χ1v) is 13.5. The lowest BCUT2D eigenvalue weighted by atomic mass is 10.1. The number of pyridine rings is 2. The number of fused-ring (bicyclic) bond motifs is 1. The predicted octanol–water partition coefficient (Wildman–Crippen LogP) is 2.71. The summed E-state index contributed by atoms with van der Waals surface area (Å²) in [6, 6.07) is 5.96. The van der Waals surface area contributed by atoms with Crippen LogP contribution in [0.15, 0.2) is 30.6 Å². The molecule has 5 rings (SSSR count). The number of aliphatic hydroxyl groups excluding tert-OH is 2. The molecule has 3 aromatic rings. The van der Waals surface area contributed by atoms with Gasteiger partial charge in [-0.15, -0.1) is 0 Å². The Labute approximate surface area is 218 Å². The van der Waals surface area contributed by atoms with Crippen molar-refractivity contribution in [2.75, 3.05) is 62.6 Å². The van der Waals surface area contributed by atoms with E-state index in [1.165, 1.54) is 12.0 Å². The maximum atomic E-state index is 10.5. The lowest BCUT2D eigenvalue weighted by molar-refractivity contribution is 0.108. The Balaban J connectivity index is 1.30. The smallest absolute Gasteiger partial charge is 0.229 e. The third kappa shape index (κ3) is 6.32. The molecule has 10 nitrogen and oxygen atoms in total. The number of hydrogen-bond acceptors (Lipinski definition) is 10. The summed E-state index contributed by atoms with van der Waals surface area (Å²) < 4.78 is 0. The van der Waals surface area contributed by atoms with Crippen LogP contribution in [-0.4, -0.2) is 92.4 Å². The highest BCUT2D eigenvalue weighted by Gasteiger charge is 2.20. The summed E-state index contributed by atoms with van der Waals surface area (Å²) in [5.74, 6) is 2.01. The van der Waals surface area contributed by atoms with Crippen molar-refractivity contribution in [3.05, 3.63) is 41.9 Å². The van der Waals surface area contributed by atoms with E-state index in [1.54, 1.807) is 6.20 Å². The van der Waals surface area contributed by atoms with Crippen molar-refractivity contribution in [2.24, 2.45) is 0 Å². The van der Waals surface area contributed by atoms with Gasteiger partial charge in [-0.3, -0.25) is 9.80 Å². The number of nitrogens with zero attached hydrogens (tertiary/aromatic N) is 7. The fourth-order valence-electron chi connectivity index (χ4n) is 5.09. The second-order valence-electron chi connectivity index (χ2n) is 9.99. The molecule has 3 N–H and O–H groups in total. The molecule has 2 aliphatic rings. The number of rotatable bonds is 9. The molecule has 37 heavy (non-hydrogen) atoms. The molecule has 2 fully saturated rings. The third-order valence-electron chi connectivity index (χ3n) is 7.30. The largest absolute Gasteiger partial charge is 0.395 e. The van der Waals surface area contributed by atoms with Gasteiger partial charge in [-0.25, -0.2) is 19.9 Å².